The highest BCUT2D eigenvalue weighted by Gasteiger charge is 2.71. The van der Waals surface area contributed by atoms with Crippen LogP contribution in [0, 0.1) is 10.8 Å². The van der Waals surface area contributed by atoms with Crippen molar-refractivity contribution in [1.29, 1.82) is 0 Å². The third kappa shape index (κ3) is 3.38. The van der Waals surface area contributed by atoms with E-state index in [1.807, 2.05) is 0 Å². The maximum atomic E-state index is 13.0. The number of aliphatic carboxylic acids is 2. The number of ether oxygens (including phenoxy) is 2. The summed E-state index contributed by atoms with van der Waals surface area (Å²) in [5, 5.41) is 19.6. The van der Waals surface area contributed by atoms with Gasteiger partial charge in [-0.25, -0.2) is 0 Å². The second kappa shape index (κ2) is 8.73. The van der Waals surface area contributed by atoms with Gasteiger partial charge >= 0.3 is 23.9 Å². The third-order valence-electron chi connectivity index (χ3n) is 4.75. The molecule has 0 aliphatic heterocycles. The minimum absolute atomic E-state index is 0.187. The quantitative estimate of drug-likeness (QED) is 0.367. The highest BCUT2D eigenvalue weighted by molar-refractivity contribution is 6.20. The summed E-state index contributed by atoms with van der Waals surface area (Å²) in [4.78, 5) is 62.9. The smallest absolute Gasteiger partial charge is 0.329 e. The molecule has 0 saturated heterocycles. The normalized spacial score (nSPS) is 19.3. The zero-order valence-corrected chi connectivity index (χ0v) is 16.3. The zero-order valence-electron chi connectivity index (χ0n) is 16.3. The van der Waals surface area contributed by atoms with Crippen molar-refractivity contribution >= 4 is 29.7 Å². The van der Waals surface area contributed by atoms with E-state index in [4.69, 9.17) is 4.74 Å². The molecule has 2 rings (SSSR count). The Balaban J connectivity index is 2.82. The molecule has 30 heavy (non-hydrogen) atoms. The van der Waals surface area contributed by atoms with E-state index in [9.17, 15) is 34.2 Å². The largest absolute Gasteiger partial charge is 0.480 e. The lowest BCUT2D eigenvalue weighted by Crippen LogP contribution is -2.61. The van der Waals surface area contributed by atoms with Crippen LogP contribution in [0.3, 0.4) is 0 Å². The lowest BCUT2D eigenvalue weighted by atomic mass is 9.59. The molecule has 1 unspecified atom stereocenters. The number of hydrogen-bond acceptors (Lipinski definition) is 7. The Morgan fingerprint density at radius 1 is 0.933 bits per heavy atom. The maximum Gasteiger partial charge on any atom is 0.329 e. The molecule has 1 aliphatic carbocycles. The average Bonchev–Trinajstić information content (AvgIpc) is 2.75. The predicted octanol–water partition coefficient (Wildman–Crippen LogP) is 1.63. The first-order chi connectivity index (χ1) is 14.2. The van der Waals surface area contributed by atoms with Gasteiger partial charge in [-0.1, -0.05) is 49.4 Å². The molecule has 0 spiro atoms. The van der Waals surface area contributed by atoms with Crippen LogP contribution in [-0.2, 0) is 28.7 Å². The fourth-order valence-electron chi connectivity index (χ4n) is 3.20. The van der Waals surface area contributed by atoms with Gasteiger partial charge in [0.2, 0.25) is 10.8 Å². The summed E-state index contributed by atoms with van der Waals surface area (Å²) in [6, 6.07) is 7.79. The van der Waals surface area contributed by atoms with E-state index in [-0.39, 0.29) is 17.7 Å². The van der Waals surface area contributed by atoms with Crippen LogP contribution >= 0.6 is 0 Å². The number of hydrogen-bond donors (Lipinski definition) is 2. The SMILES string of the molecule is CCCOC(=O)C1(C(=O)OC)C=C(C(=O)c2ccccc2)C=CC1(C(=O)O)C(=O)O. The van der Waals surface area contributed by atoms with Gasteiger partial charge in [0.1, 0.15) is 0 Å². The molecule has 1 aliphatic rings. The molecule has 158 valence electrons. The van der Waals surface area contributed by atoms with Gasteiger partial charge in [0, 0.05) is 11.1 Å². The van der Waals surface area contributed by atoms with Crippen LogP contribution in [0.1, 0.15) is 23.7 Å². The molecule has 0 heterocycles. The molecule has 1 aromatic carbocycles. The van der Waals surface area contributed by atoms with Crippen molar-refractivity contribution < 1.29 is 43.7 Å². The highest BCUT2D eigenvalue weighted by atomic mass is 16.6. The summed E-state index contributed by atoms with van der Waals surface area (Å²) in [6.45, 7) is 1.45. The van der Waals surface area contributed by atoms with Crippen molar-refractivity contribution in [3.8, 4) is 0 Å². The van der Waals surface area contributed by atoms with E-state index in [0.717, 1.165) is 13.2 Å². The van der Waals surface area contributed by atoms with E-state index < -0.39 is 40.5 Å². The second-order valence-corrected chi connectivity index (χ2v) is 6.48. The summed E-state index contributed by atoms with van der Waals surface area (Å²) >= 11 is 0. The Morgan fingerprint density at radius 3 is 2.03 bits per heavy atom. The number of allylic oxidation sites excluding steroid dienone is 2. The van der Waals surface area contributed by atoms with E-state index in [1.165, 1.54) is 12.1 Å². The fourth-order valence-corrected chi connectivity index (χ4v) is 3.20. The van der Waals surface area contributed by atoms with E-state index in [1.54, 1.807) is 25.1 Å². The first-order valence-corrected chi connectivity index (χ1v) is 8.93. The van der Waals surface area contributed by atoms with Crippen LogP contribution < -0.4 is 0 Å². The van der Waals surface area contributed by atoms with Crippen LogP contribution in [0.4, 0.5) is 0 Å². The molecule has 0 bridgehead atoms. The van der Waals surface area contributed by atoms with Crippen molar-refractivity contribution in [3.05, 3.63) is 59.7 Å². The molecule has 0 fully saturated rings. The number of ketones is 1. The second-order valence-electron chi connectivity index (χ2n) is 6.48. The van der Waals surface area contributed by atoms with Crippen LogP contribution in [0.5, 0.6) is 0 Å². The monoisotopic (exact) mass is 416 g/mol. The van der Waals surface area contributed by atoms with Crippen molar-refractivity contribution in [2.24, 2.45) is 10.8 Å². The van der Waals surface area contributed by atoms with Crippen LogP contribution in [0.15, 0.2) is 54.1 Å². The summed E-state index contributed by atoms with van der Waals surface area (Å²) in [6.07, 6.45) is 2.64. The number of carbonyl (C=O) groups is 5. The molecule has 0 aromatic heterocycles. The Kier molecular flexibility index (Phi) is 6.56. The standard InChI is InChI=1S/C21H20O9/c1-3-11-30-19(28)21(18(27)29-2)12-14(15(22)13-7-5-4-6-8-13)9-10-20(21,16(23)24)17(25)26/h4-10,12H,3,11H2,1-2H3,(H,23,24)(H,25,26). The van der Waals surface area contributed by atoms with Crippen molar-refractivity contribution in [2.75, 3.05) is 13.7 Å². The Labute approximate surface area is 171 Å². The van der Waals surface area contributed by atoms with Gasteiger partial charge in [-0.05, 0) is 12.5 Å². The van der Waals surface area contributed by atoms with Crippen molar-refractivity contribution in [2.45, 2.75) is 13.3 Å². The molecular formula is C21H20O9. The number of carboxylic acids is 2. The fraction of sp³-hybridized carbons (Fsp3) is 0.286. The minimum Gasteiger partial charge on any atom is -0.480 e. The summed E-state index contributed by atoms with van der Waals surface area (Å²) < 4.78 is 9.62. The summed E-state index contributed by atoms with van der Waals surface area (Å²) in [5.74, 6) is -7.55. The molecule has 2 N–H and O–H groups in total. The Bertz CT molecular complexity index is 928. The number of benzene rings is 1. The summed E-state index contributed by atoms with van der Waals surface area (Å²) in [5.41, 5.74) is -6.10. The first kappa shape index (κ1) is 22.5. The van der Waals surface area contributed by atoms with Crippen LogP contribution in [0.25, 0.3) is 0 Å². The van der Waals surface area contributed by atoms with E-state index in [2.05, 4.69) is 4.74 Å². The lowest BCUT2D eigenvalue weighted by Gasteiger charge is -2.39. The van der Waals surface area contributed by atoms with Gasteiger partial charge < -0.3 is 19.7 Å². The van der Waals surface area contributed by atoms with Crippen molar-refractivity contribution in [1.82, 2.24) is 0 Å². The Hall–Kier alpha value is -3.75. The molecule has 0 radical (unpaired) electrons. The van der Waals surface area contributed by atoms with E-state index in [0.29, 0.717) is 18.6 Å². The minimum atomic E-state index is -3.08. The molecular weight excluding hydrogens is 396 g/mol. The first-order valence-electron chi connectivity index (χ1n) is 8.93. The van der Waals surface area contributed by atoms with Gasteiger partial charge in [-0.15, -0.1) is 0 Å². The molecule has 1 atom stereocenters. The third-order valence-corrected chi connectivity index (χ3v) is 4.75. The van der Waals surface area contributed by atoms with E-state index >= 15 is 0 Å². The predicted molar refractivity (Wildman–Crippen MR) is 101 cm³/mol. The number of esters is 2. The number of carboxylic acid groups (broad SMARTS) is 2. The molecule has 9 heteroatoms. The molecule has 1 aromatic rings. The molecule has 0 saturated carbocycles. The van der Waals surface area contributed by atoms with Crippen LogP contribution in [-0.4, -0.2) is 53.6 Å². The molecule has 0 amide bonds. The number of methoxy groups -OCH3 is 1. The van der Waals surface area contributed by atoms with Crippen LogP contribution in [0.2, 0.25) is 0 Å². The number of Topliss-reactive ketones (excluding diaryl/α,β-unsaturated/α-hetero) is 1. The lowest BCUT2D eigenvalue weighted by molar-refractivity contribution is -0.189. The topological polar surface area (TPSA) is 144 Å². The van der Waals surface area contributed by atoms with Gasteiger partial charge in [0.15, 0.2) is 5.78 Å². The highest BCUT2D eigenvalue weighted by Crippen LogP contribution is 2.49. The van der Waals surface area contributed by atoms with Gasteiger partial charge in [0.25, 0.3) is 0 Å². The van der Waals surface area contributed by atoms with Gasteiger partial charge in [-0.2, -0.15) is 0 Å². The molecule has 9 nitrogen and oxygen atoms in total. The van der Waals surface area contributed by atoms with Gasteiger partial charge in [-0.3, -0.25) is 24.0 Å². The van der Waals surface area contributed by atoms with Crippen molar-refractivity contribution in [3.63, 3.8) is 0 Å². The number of rotatable bonds is 8. The Morgan fingerprint density at radius 2 is 1.53 bits per heavy atom. The van der Waals surface area contributed by atoms with Gasteiger partial charge in [0.05, 0.1) is 13.7 Å². The number of carbonyl (C=O) groups excluding carboxylic acids is 3. The zero-order chi connectivity index (χ0) is 22.5. The maximum absolute atomic E-state index is 13.0. The average molecular weight is 416 g/mol. The summed E-state index contributed by atoms with van der Waals surface area (Å²) in [7, 11) is 0.872.